The third-order valence-electron chi connectivity index (χ3n) is 6.64. The van der Waals surface area contributed by atoms with Crippen LogP contribution in [0.2, 0.25) is 0 Å². The van der Waals surface area contributed by atoms with Crippen LogP contribution < -0.4 is 9.64 Å². The molecule has 1 aromatic carbocycles. The molecule has 2 aromatic rings. The number of carbonyl (C=O) groups excluding carboxylic acids is 3. The van der Waals surface area contributed by atoms with Crippen molar-refractivity contribution in [3.8, 4) is 5.75 Å². The van der Waals surface area contributed by atoms with Crippen LogP contribution in [0.5, 0.6) is 5.75 Å². The topological polar surface area (TPSA) is 83.1 Å². The minimum atomic E-state index is -0.138. The van der Waals surface area contributed by atoms with Crippen LogP contribution in [0.25, 0.3) is 0 Å². The fourth-order valence-corrected chi connectivity index (χ4v) is 4.76. The van der Waals surface area contributed by atoms with Crippen LogP contribution in [0.4, 0.5) is 5.69 Å². The molecule has 3 heterocycles. The van der Waals surface area contributed by atoms with E-state index in [0.717, 1.165) is 17.7 Å². The molecule has 0 atom stereocenters. The summed E-state index contributed by atoms with van der Waals surface area (Å²) in [5.74, 6) is 0.444. The highest BCUT2D eigenvalue weighted by molar-refractivity contribution is 7.09. The molecule has 1 fully saturated rings. The summed E-state index contributed by atoms with van der Waals surface area (Å²) in [4.78, 5) is 46.9. The van der Waals surface area contributed by atoms with Gasteiger partial charge in [-0.1, -0.05) is 26.8 Å². The second-order valence-corrected chi connectivity index (χ2v) is 10.1. The van der Waals surface area contributed by atoms with Crippen molar-refractivity contribution in [2.45, 2.75) is 46.1 Å². The standard InChI is InChI=1S/C24H30N4O4S/c1-5-24(3,4)17-6-7-20-19(12-17)28(22(30)14-32-20)13-21-25-18(15-33-21)23(31)27-10-8-26(9-11-27)16(2)29/h6-7,12,15H,5,8-11,13-14H2,1-4H3. The van der Waals surface area contributed by atoms with E-state index < -0.39 is 0 Å². The predicted molar refractivity (Wildman–Crippen MR) is 127 cm³/mol. The Morgan fingerprint density at radius 2 is 1.85 bits per heavy atom. The number of hydrogen-bond donors (Lipinski definition) is 0. The lowest BCUT2D eigenvalue weighted by Gasteiger charge is -2.33. The Morgan fingerprint density at radius 3 is 2.52 bits per heavy atom. The van der Waals surface area contributed by atoms with Crippen LogP contribution in [0.15, 0.2) is 23.6 Å². The summed E-state index contributed by atoms with van der Waals surface area (Å²) in [6, 6.07) is 6.02. The summed E-state index contributed by atoms with van der Waals surface area (Å²) in [6.07, 6.45) is 0.971. The Labute approximate surface area is 198 Å². The van der Waals surface area contributed by atoms with Gasteiger partial charge in [0.05, 0.1) is 12.2 Å². The molecule has 0 saturated carbocycles. The van der Waals surface area contributed by atoms with Gasteiger partial charge in [0.25, 0.3) is 11.8 Å². The molecule has 33 heavy (non-hydrogen) atoms. The zero-order valence-corrected chi connectivity index (χ0v) is 20.4. The van der Waals surface area contributed by atoms with Crippen molar-refractivity contribution in [1.29, 1.82) is 0 Å². The van der Waals surface area contributed by atoms with Gasteiger partial charge in [0.2, 0.25) is 5.91 Å². The first-order valence-corrected chi connectivity index (χ1v) is 12.1. The van der Waals surface area contributed by atoms with Gasteiger partial charge >= 0.3 is 0 Å². The second-order valence-electron chi connectivity index (χ2n) is 9.11. The molecule has 2 aliphatic heterocycles. The zero-order valence-electron chi connectivity index (χ0n) is 19.6. The lowest BCUT2D eigenvalue weighted by atomic mass is 9.82. The van der Waals surface area contributed by atoms with Crippen molar-refractivity contribution in [2.75, 3.05) is 37.7 Å². The Bertz CT molecular complexity index is 1070. The van der Waals surface area contributed by atoms with E-state index in [0.29, 0.717) is 49.2 Å². The number of thiazole rings is 1. The molecule has 8 nitrogen and oxygen atoms in total. The zero-order chi connectivity index (χ0) is 23.8. The average Bonchev–Trinajstić information content (AvgIpc) is 3.28. The molecule has 2 aliphatic rings. The van der Waals surface area contributed by atoms with Crippen molar-refractivity contribution in [3.63, 3.8) is 0 Å². The van der Waals surface area contributed by atoms with E-state index >= 15 is 0 Å². The molecule has 0 radical (unpaired) electrons. The molecule has 0 spiro atoms. The fourth-order valence-electron chi connectivity index (χ4n) is 4.00. The summed E-state index contributed by atoms with van der Waals surface area (Å²) in [5.41, 5.74) is 2.25. The molecule has 1 saturated heterocycles. The number of anilines is 1. The van der Waals surface area contributed by atoms with Gasteiger partial charge in [-0.2, -0.15) is 0 Å². The first kappa shape index (κ1) is 23.2. The summed E-state index contributed by atoms with van der Waals surface area (Å²) < 4.78 is 5.66. The molecule has 0 aliphatic carbocycles. The number of carbonyl (C=O) groups is 3. The van der Waals surface area contributed by atoms with Crippen LogP contribution in [0.1, 0.15) is 55.2 Å². The second kappa shape index (κ2) is 9.13. The Kier molecular flexibility index (Phi) is 6.43. The smallest absolute Gasteiger partial charge is 0.273 e. The van der Waals surface area contributed by atoms with E-state index in [1.807, 2.05) is 12.1 Å². The Balaban J connectivity index is 1.50. The van der Waals surface area contributed by atoms with Crippen molar-refractivity contribution in [2.24, 2.45) is 0 Å². The monoisotopic (exact) mass is 470 g/mol. The minimum Gasteiger partial charge on any atom is -0.482 e. The normalized spacial score (nSPS) is 16.5. The van der Waals surface area contributed by atoms with Gasteiger partial charge < -0.3 is 14.5 Å². The maximum absolute atomic E-state index is 12.9. The van der Waals surface area contributed by atoms with Gasteiger partial charge in [0.1, 0.15) is 16.5 Å². The van der Waals surface area contributed by atoms with Gasteiger partial charge in [-0.05, 0) is 29.5 Å². The Hall–Kier alpha value is -2.94. The van der Waals surface area contributed by atoms with Gasteiger partial charge in [0.15, 0.2) is 6.61 Å². The SMILES string of the molecule is CCC(C)(C)c1ccc2c(c1)N(Cc1nc(C(=O)N3CCN(C(C)=O)CC3)cs1)C(=O)CO2. The number of amides is 3. The largest absolute Gasteiger partial charge is 0.482 e. The van der Waals surface area contributed by atoms with Crippen LogP contribution in [-0.4, -0.2) is 65.3 Å². The van der Waals surface area contributed by atoms with E-state index in [2.05, 4.69) is 31.8 Å². The molecule has 0 N–H and O–H groups in total. The van der Waals surface area contributed by atoms with E-state index in [1.54, 1.807) is 27.0 Å². The summed E-state index contributed by atoms with van der Waals surface area (Å²) >= 11 is 1.37. The van der Waals surface area contributed by atoms with Crippen molar-refractivity contribution in [3.05, 3.63) is 39.8 Å². The van der Waals surface area contributed by atoms with Gasteiger partial charge in [-0.15, -0.1) is 11.3 Å². The number of hydrogen-bond acceptors (Lipinski definition) is 6. The highest BCUT2D eigenvalue weighted by Gasteiger charge is 2.30. The molecular formula is C24H30N4O4S. The molecule has 176 valence electrons. The number of fused-ring (bicyclic) bond motifs is 1. The number of nitrogens with zero attached hydrogens (tertiary/aromatic N) is 4. The third kappa shape index (κ3) is 4.73. The van der Waals surface area contributed by atoms with Gasteiger partial charge in [0, 0.05) is 38.5 Å². The summed E-state index contributed by atoms with van der Waals surface area (Å²) in [5, 5.41) is 2.44. The van der Waals surface area contributed by atoms with Crippen molar-refractivity contribution < 1.29 is 19.1 Å². The minimum absolute atomic E-state index is 0.0128. The van der Waals surface area contributed by atoms with Gasteiger partial charge in [-0.25, -0.2) is 4.98 Å². The fraction of sp³-hybridized carbons (Fsp3) is 0.500. The lowest BCUT2D eigenvalue weighted by Crippen LogP contribution is -2.50. The number of piperazine rings is 1. The van der Waals surface area contributed by atoms with Crippen LogP contribution in [-0.2, 0) is 21.5 Å². The number of aromatic nitrogens is 1. The Morgan fingerprint density at radius 1 is 1.15 bits per heavy atom. The number of rotatable bonds is 5. The van der Waals surface area contributed by atoms with Crippen molar-refractivity contribution >= 4 is 34.7 Å². The first-order valence-electron chi connectivity index (χ1n) is 11.3. The van der Waals surface area contributed by atoms with E-state index in [-0.39, 0.29) is 29.7 Å². The van der Waals surface area contributed by atoms with E-state index in [1.165, 1.54) is 11.3 Å². The maximum atomic E-state index is 12.9. The molecule has 0 bridgehead atoms. The molecule has 0 unspecified atom stereocenters. The summed E-state index contributed by atoms with van der Waals surface area (Å²) in [7, 11) is 0. The van der Waals surface area contributed by atoms with Crippen LogP contribution >= 0.6 is 11.3 Å². The molecular weight excluding hydrogens is 440 g/mol. The average molecular weight is 471 g/mol. The predicted octanol–water partition coefficient (Wildman–Crippen LogP) is 3.06. The lowest BCUT2D eigenvalue weighted by molar-refractivity contribution is -0.130. The first-order chi connectivity index (χ1) is 15.7. The molecule has 4 rings (SSSR count). The van der Waals surface area contributed by atoms with Crippen LogP contribution in [0.3, 0.4) is 0 Å². The van der Waals surface area contributed by atoms with Crippen LogP contribution in [0, 0.1) is 0 Å². The third-order valence-corrected chi connectivity index (χ3v) is 7.48. The highest BCUT2D eigenvalue weighted by Crippen LogP contribution is 2.38. The van der Waals surface area contributed by atoms with E-state index in [4.69, 9.17) is 4.74 Å². The number of ether oxygens (including phenoxy) is 1. The van der Waals surface area contributed by atoms with Crippen molar-refractivity contribution in [1.82, 2.24) is 14.8 Å². The van der Waals surface area contributed by atoms with E-state index in [9.17, 15) is 14.4 Å². The number of benzene rings is 1. The quantitative estimate of drug-likeness (QED) is 0.671. The maximum Gasteiger partial charge on any atom is 0.273 e. The molecule has 3 amide bonds. The summed E-state index contributed by atoms with van der Waals surface area (Å²) in [6.45, 7) is 10.4. The highest BCUT2D eigenvalue weighted by atomic mass is 32.1. The molecule has 1 aromatic heterocycles. The van der Waals surface area contributed by atoms with Gasteiger partial charge in [-0.3, -0.25) is 19.3 Å². The molecule has 9 heteroatoms.